The lowest BCUT2D eigenvalue weighted by Gasteiger charge is -2.09. The standard InChI is InChI=1S/C19H24N2O3S/c1-15(2)12-13-21-25(23,24)18-10-8-17(9-11-18)19(22)20-14-16-6-4-3-5-7-16/h3-11,15,21H,12-14H2,1-2H3,(H,20,22). The summed E-state index contributed by atoms with van der Waals surface area (Å²) in [5, 5.41) is 2.82. The lowest BCUT2D eigenvalue weighted by molar-refractivity contribution is 0.0951. The summed E-state index contributed by atoms with van der Waals surface area (Å²) in [6.45, 7) is 4.91. The molecule has 0 saturated heterocycles. The molecule has 0 bridgehead atoms. The molecule has 1 amide bonds. The van der Waals surface area contributed by atoms with Gasteiger partial charge in [0, 0.05) is 18.7 Å². The first-order valence-electron chi connectivity index (χ1n) is 8.30. The molecule has 0 aliphatic heterocycles. The van der Waals surface area contributed by atoms with Crippen molar-refractivity contribution >= 4 is 15.9 Å². The number of rotatable bonds is 8. The van der Waals surface area contributed by atoms with Gasteiger partial charge in [-0.15, -0.1) is 0 Å². The van der Waals surface area contributed by atoms with Gasteiger partial charge in [0.05, 0.1) is 4.90 Å². The van der Waals surface area contributed by atoms with Gasteiger partial charge in [0.25, 0.3) is 5.91 Å². The van der Waals surface area contributed by atoms with E-state index in [1.54, 1.807) is 0 Å². The van der Waals surface area contributed by atoms with Crippen molar-refractivity contribution in [1.82, 2.24) is 10.0 Å². The number of carbonyl (C=O) groups excluding carboxylic acids is 1. The second kappa shape index (κ2) is 8.78. The summed E-state index contributed by atoms with van der Waals surface area (Å²) in [5.74, 6) is 0.193. The SMILES string of the molecule is CC(C)CCNS(=O)(=O)c1ccc(C(=O)NCc2ccccc2)cc1. The summed E-state index contributed by atoms with van der Waals surface area (Å²) in [4.78, 5) is 12.3. The first-order valence-corrected chi connectivity index (χ1v) is 9.78. The fourth-order valence-corrected chi connectivity index (χ4v) is 3.28. The third kappa shape index (κ3) is 5.99. The van der Waals surface area contributed by atoms with Crippen LogP contribution in [0.5, 0.6) is 0 Å². The largest absolute Gasteiger partial charge is 0.348 e. The number of benzene rings is 2. The molecule has 5 nitrogen and oxygen atoms in total. The lowest BCUT2D eigenvalue weighted by Crippen LogP contribution is -2.26. The van der Waals surface area contributed by atoms with Crippen LogP contribution in [0.15, 0.2) is 59.5 Å². The zero-order valence-corrected chi connectivity index (χ0v) is 15.3. The Hall–Kier alpha value is -2.18. The minimum atomic E-state index is -3.54. The van der Waals surface area contributed by atoms with Crippen LogP contribution in [0.2, 0.25) is 0 Å². The Balaban J connectivity index is 1.95. The Bertz CT molecular complexity index is 785. The van der Waals surface area contributed by atoms with Crippen LogP contribution in [-0.4, -0.2) is 20.9 Å². The van der Waals surface area contributed by atoms with Gasteiger partial charge in [-0.05, 0) is 42.2 Å². The average Bonchev–Trinajstić information content (AvgIpc) is 2.60. The van der Waals surface area contributed by atoms with E-state index < -0.39 is 10.0 Å². The van der Waals surface area contributed by atoms with Gasteiger partial charge in [-0.2, -0.15) is 0 Å². The number of hydrogen-bond acceptors (Lipinski definition) is 3. The van der Waals surface area contributed by atoms with Gasteiger partial charge in [0.15, 0.2) is 0 Å². The molecular weight excluding hydrogens is 336 g/mol. The molecule has 0 atom stereocenters. The van der Waals surface area contributed by atoms with Crippen LogP contribution in [0.4, 0.5) is 0 Å². The number of carbonyl (C=O) groups is 1. The molecular formula is C19H24N2O3S. The molecule has 2 aromatic rings. The Morgan fingerprint density at radius 1 is 1.00 bits per heavy atom. The van der Waals surface area contributed by atoms with Crippen LogP contribution in [0.3, 0.4) is 0 Å². The maximum absolute atomic E-state index is 12.2. The Labute approximate surface area is 149 Å². The number of sulfonamides is 1. The quantitative estimate of drug-likeness (QED) is 0.760. The molecule has 6 heteroatoms. The molecule has 0 saturated carbocycles. The number of nitrogens with one attached hydrogen (secondary N) is 2. The molecule has 0 aliphatic rings. The highest BCUT2D eigenvalue weighted by Crippen LogP contribution is 2.11. The maximum Gasteiger partial charge on any atom is 0.251 e. The van der Waals surface area contributed by atoms with E-state index in [2.05, 4.69) is 10.0 Å². The van der Waals surface area contributed by atoms with E-state index in [4.69, 9.17) is 0 Å². The molecule has 25 heavy (non-hydrogen) atoms. The minimum Gasteiger partial charge on any atom is -0.348 e. The van der Waals surface area contributed by atoms with Crippen LogP contribution in [-0.2, 0) is 16.6 Å². The van der Waals surface area contributed by atoms with Crippen LogP contribution >= 0.6 is 0 Å². The van der Waals surface area contributed by atoms with Crippen LogP contribution < -0.4 is 10.0 Å². The van der Waals surface area contributed by atoms with Gasteiger partial charge in [0.1, 0.15) is 0 Å². The molecule has 0 spiro atoms. The van der Waals surface area contributed by atoms with Crippen LogP contribution in [0, 0.1) is 5.92 Å². The van der Waals surface area contributed by atoms with Crippen molar-refractivity contribution in [2.45, 2.75) is 31.7 Å². The average molecular weight is 360 g/mol. The molecule has 134 valence electrons. The molecule has 2 aromatic carbocycles. The van der Waals surface area contributed by atoms with E-state index in [-0.39, 0.29) is 10.8 Å². The lowest BCUT2D eigenvalue weighted by atomic mass is 10.1. The normalized spacial score (nSPS) is 11.5. The van der Waals surface area contributed by atoms with E-state index in [0.29, 0.717) is 24.6 Å². The smallest absolute Gasteiger partial charge is 0.251 e. The van der Waals surface area contributed by atoms with Gasteiger partial charge in [-0.1, -0.05) is 44.2 Å². The molecule has 0 aliphatic carbocycles. The van der Waals surface area contributed by atoms with Crippen molar-refractivity contribution in [3.8, 4) is 0 Å². The van der Waals surface area contributed by atoms with Crippen molar-refractivity contribution in [2.24, 2.45) is 5.92 Å². The second-order valence-corrected chi connectivity index (χ2v) is 8.04. The summed E-state index contributed by atoms with van der Waals surface area (Å²) in [5.41, 5.74) is 1.43. The highest BCUT2D eigenvalue weighted by atomic mass is 32.2. The van der Waals surface area contributed by atoms with Crippen molar-refractivity contribution in [1.29, 1.82) is 0 Å². The Morgan fingerprint density at radius 2 is 1.64 bits per heavy atom. The fourth-order valence-electron chi connectivity index (χ4n) is 2.23. The van der Waals surface area contributed by atoms with E-state index in [1.807, 2.05) is 44.2 Å². The summed E-state index contributed by atoms with van der Waals surface area (Å²) in [6, 6.07) is 15.6. The molecule has 0 aromatic heterocycles. The molecule has 0 unspecified atom stereocenters. The van der Waals surface area contributed by atoms with Crippen molar-refractivity contribution in [3.05, 3.63) is 65.7 Å². The first kappa shape index (κ1) is 19.1. The minimum absolute atomic E-state index is 0.163. The number of hydrogen-bond donors (Lipinski definition) is 2. The second-order valence-electron chi connectivity index (χ2n) is 6.27. The van der Waals surface area contributed by atoms with Crippen molar-refractivity contribution in [2.75, 3.05) is 6.54 Å². The zero-order valence-electron chi connectivity index (χ0n) is 14.5. The number of amides is 1. The van der Waals surface area contributed by atoms with E-state index in [1.165, 1.54) is 24.3 Å². The van der Waals surface area contributed by atoms with E-state index in [9.17, 15) is 13.2 Å². The highest BCUT2D eigenvalue weighted by molar-refractivity contribution is 7.89. The Kier molecular flexibility index (Phi) is 6.73. The summed E-state index contributed by atoms with van der Waals surface area (Å²) >= 11 is 0. The van der Waals surface area contributed by atoms with Crippen LogP contribution in [0.25, 0.3) is 0 Å². The monoisotopic (exact) mass is 360 g/mol. The summed E-state index contributed by atoms with van der Waals surface area (Å²) in [6.07, 6.45) is 0.777. The first-order chi connectivity index (χ1) is 11.9. The predicted octanol–water partition coefficient (Wildman–Crippen LogP) is 2.94. The third-order valence-corrected chi connectivity index (χ3v) is 5.21. The van der Waals surface area contributed by atoms with Gasteiger partial charge in [-0.25, -0.2) is 13.1 Å². The molecule has 2 N–H and O–H groups in total. The third-order valence-electron chi connectivity index (χ3n) is 3.74. The van der Waals surface area contributed by atoms with Gasteiger partial charge >= 0.3 is 0 Å². The predicted molar refractivity (Wildman–Crippen MR) is 98.7 cm³/mol. The zero-order chi connectivity index (χ0) is 18.3. The van der Waals surface area contributed by atoms with E-state index >= 15 is 0 Å². The van der Waals surface area contributed by atoms with Gasteiger partial charge in [-0.3, -0.25) is 4.79 Å². The highest BCUT2D eigenvalue weighted by Gasteiger charge is 2.14. The van der Waals surface area contributed by atoms with Crippen LogP contribution in [0.1, 0.15) is 36.2 Å². The van der Waals surface area contributed by atoms with Gasteiger partial charge < -0.3 is 5.32 Å². The fraction of sp³-hybridized carbons (Fsp3) is 0.316. The topological polar surface area (TPSA) is 75.3 Å². The van der Waals surface area contributed by atoms with E-state index in [0.717, 1.165) is 12.0 Å². The molecule has 0 radical (unpaired) electrons. The maximum atomic E-state index is 12.2. The Morgan fingerprint density at radius 3 is 2.24 bits per heavy atom. The summed E-state index contributed by atoms with van der Waals surface area (Å²) < 4.78 is 27.0. The molecule has 2 rings (SSSR count). The van der Waals surface area contributed by atoms with Crippen molar-refractivity contribution in [3.63, 3.8) is 0 Å². The molecule has 0 fully saturated rings. The molecule has 0 heterocycles. The van der Waals surface area contributed by atoms with Gasteiger partial charge in [0.2, 0.25) is 10.0 Å². The summed E-state index contributed by atoms with van der Waals surface area (Å²) in [7, 11) is -3.54. The van der Waals surface area contributed by atoms with Crippen molar-refractivity contribution < 1.29 is 13.2 Å².